The molecule has 4 nitrogen and oxygen atoms in total. The highest BCUT2D eigenvalue weighted by atomic mass is 31.2. The second-order valence-electron chi connectivity index (χ2n) is 9.09. The van der Waals surface area contributed by atoms with Crippen LogP contribution >= 0.6 is 16.8 Å². The Hall–Kier alpha value is -3.52. The van der Waals surface area contributed by atoms with E-state index < -0.39 is 16.8 Å². The van der Waals surface area contributed by atoms with Crippen LogP contribution in [-0.4, -0.2) is 0 Å². The van der Waals surface area contributed by atoms with Crippen LogP contribution in [0.3, 0.4) is 0 Å². The van der Waals surface area contributed by atoms with E-state index in [0.717, 1.165) is 44.4 Å². The maximum Gasteiger partial charge on any atom is 0.266 e. The first kappa shape index (κ1) is 23.6. The van der Waals surface area contributed by atoms with E-state index in [-0.39, 0.29) is 0 Å². The molecule has 0 fully saturated rings. The Labute approximate surface area is 224 Å². The maximum atomic E-state index is 6.37. The van der Waals surface area contributed by atoms with Crippen molar-refractivity contribution < 1.29 is 18.1 Å². The fourth-order valence-electron chi connectivity index (χ4n) is 4.80. The van der Waals surface area contributed by atoms with E-state index in [1.807, 2.05) is 54.6 Å². The lowest BCUT2D eigenvalue weighted by atomic mass is 10.0. The van der Waals surface area contributed by atoms with Crippen molar-refractivity contribution in [3.8, 4) is 33.8 Å². The summed E-state index contributed by atoms with van der Waals surface area (Å²) in [6.07, 6.45) is 0. The van der Waals surface area contributed by atoms with Crippen LogP contribution in [0, 0.1) is 0 Å². The zero-order valence-corrected chi connectivity index (χ0v) is 22.3. The zero-order chi connectivity index (χ0) is 25.3. The molecular weight excluding hydrogens is 510 g/mol. The molecule has 2 heterocycles. The Morgan fingerprint density at radius 3 is 1.37 bits per heavy atom. The van der Waals surface area contributed by atoms with E-state index in [0.29, 0.717) is 13.2 Å². The highest BCUT2D eigenvalue weighted by Gasteiger charge is 2.29. The molecule has 6 heteroatoms. The van der Waals surface area contributed by atoms with Gasteiger partial charge >= 0.3 is 0 Å². The molecule has 0 aromatic heterocycles. The van der Waals surface area contributed by atoms with Gasteiger partial charge < -0.3 is 18.1 Å². The molecule has 0 aliphatic carbocycles. The average molecular weight is 534 g/mol. The van der Waals surface area contributed by atoms with Gasteiger partial charge in [0.1, 0.15) is 11.5 Å². The van der Waals surface area contributed by atoms with Crippen LogP contribution in [0.5, 0.6) is 11.5 Å². The van der Waals surface area contributed by atoms with Gasteiger partial charge in [-0.25, -0.2) is 0 Å². The molecule has 186 valence electrons. The van der Waals surface area contributed by atoms with E-state index in [9.17, 15) is 0 Å². The molecule has 38 heavy (non-hydrogen) atoms. The first-order valence-electron chi connectivity index (χ1n) is 12.5. The molecule has 5 aromatic rings. The molecule has 7 rings (SSSR count). The minimum atomic E-state index is -1.23. The summed E-state index contributed by atoms with van der Waals surface area (Å²) >= 11 is 0. The van der Waals surface area contributed by atoms with Crippen molar-refractivity contribution in [2.24, 2.45) is 0 Å². The largest absolute Gasteiger partial charge is 0.443 e. The van der Waals surface area contributed by atoms with Gasteiger partial charge in [-0.05, 0) is 46.5 Å². The molecule has 2 aliphatic heterocycles. The summed E-state index contributed by atoms with van der Waals surface area (Å²) in [5, 5.41) is 2.22. The molecular formula is C32H24O4P2. The predicted octanol–water partition coefficient (Wildman–Crippen LogP) is 8.11. The first-order valence-corrected chi connectivity index (χ1v) is 14.9. The second-order valence-corrected chi connectivity index (χ2v) is 12.0. The maximum absolute atomic E-state index is 6.37. The van der Waals surface area contributed by atoms with E-state index in [2.05, 4.69) is 66.7 Å². The smallest absolute Gasteiger partial charge is 0.266 e. The van der Waals surface area contributed by atoms with Crippen LogP contribution in [0.4, 0.5) is 0 Å². The fraction of sp³-hybridized carbons (Fsp3) is 0.0625. The summed E-state index contributed by atoms with van der Waals surface area (Å²) in [6.45, 7) is 0.912. The fourth-order valence-corrected chi connectivity index (χ4v) is 7.79. The first-order chi connectivity index (χ1) is 18.8. The number of hydrogen-bond donors (Lipinski definition) is 0. The van der Waals surface area contributed by atoms with Gasteiger partial charge in [0.25, 0.3) is 16.8 Å². The third-order valence-electron chi connectivity index (χ3n) is 6.61. The lowest BCUT2D eigenvalue weighted by molar-refractivity contribution is 0.304. The van der Waals surface area contributed by atoms with E-state index in [1.165, 1.54) is 11.1 Å². The van der Waals surface area contributed by atoms with Crippen LogP contribution in [-0.2, 0) is 22.3 Å². The molecule has 0 N–H and O–H groups in total. The van der Waals surface area contributed by atoms with Gasteiger partial charge in [-0.2, -0.15) is 0 Å². The van der Waals surface area contributed by atoms with E-state index in [1.54, 1.807) is 0 Å². The zero-order valence-electron chi connectivity index (χ0n) is 20.5. The molecule has 5 aromatic carbocycles. The second kappa shape index (κ2) is 10.3. The van der Waals surface area contributed by atoms with E-state index >= 15 is 0 Å². The van der Waals surface area contributed by atoms with Gasteiger partial charge in [0.15, 0.2) is 0 Å². The number of hydrogen-bond acceptors (Lipinski definition) is 4. The summed E-state index contributed by atoms with van der Waals surface area (Å²) in [5.41, 5.74) is 6.74. The predicted molar refractivity (Wildman–Crippen MR) is 154 cm³/mol. The van der Waals surface area contributed by atoms with Gasteiger partial charge in [-0.3, -0.25) is 0 Å². The summed E-state index contributed by atoms with van der Waals surface area (Å²) in [6, 6.07) is 41.3. The molecule has 0 spiro atoms. The van der Waals surface area contributed by atoms with Crippen molar-refractivity contribution in [3.05, 3.63) is 132 Å². The number of benzene rings is 5. The monoisotopic (exact) mass is 534 g/mol. The molecule has 0 radical (unpaired) electrons. The van der Waals surface area contributed by atoms with Gasteiger partial charge in [-0.1, -0.05) is 97.1 Å². The van der Waals surface area contributed by atoms with Crippen molar-refractivity contribution in [2.75, 3.05) is 0 Å². The standard InChI is InChI=1S/C32H24O4P2/c1-5-16-29-25(12-1)27-14-3-7-18-31(27)37(35-29)33-21-23-10-9-11-24(20-23)22-34-38-32-19-8-4-15-28(32)26-13-2-6-17-30(26)36-38/h1-20H,21-22H2. The van der Waals surface area contributed by atoms with Crippen molar-refractivity contribution in [1.29, 1.82) is 0 Å². The molecule has 2 atom stereocenters. The quantitative estimate of drug-likeness (QED) is 0.206. The van der Waals surface area contributed by atoms with Crippen molar-refractivity contribution in [3.63, 3.8) is 0 Å². The SMILES string of the molecule is c1cc(COP2Oc3ccccc3-c3ccccc32)cc(COP2Oc3ccccc3-c3ccccc32)c1. The van der Waals surface area contributed by atoms with Gasteiger partial charge in [-0.15, -0.1) is 0 Å². The Morgan fingerprint density at radius 2 is 0.868 bits per heavy atom. The Balaban J connectivity index is 1.05. The Morgan fingerprint density at radius 1 is 0.447 bits per heavy atom. The van der Waals surface area contributed by atoms with Crippen LogP contribution in [0.1, 0.15) is 11.1 Å². The van der Waals surface area contributed by atoms with Crippen LogP contribution < -0.4 is 19.7 Å². The third kappa shape index (κ3) is 4.51. The topological polar surface area (TPSA) is 36.9 Å². The van der Waals surface area contributed by atoms with Gasteiger partial charge in [0, 0.05) is 11.1 Å². The van der Waals surface area contributed by atoms with Gasteiger partial charge in [0.2, 0.25) is 0 Å². The normalized spacial score (nSPS) is 16.7. The summed E-state index contributed by atoms with van der Waals surface area (Å²) in [5.74, 6) is 1.74. The van der Waals surface area contributed by atoms with Gasteiger partial charge in [0.05, 0.1) is 23.8 Å². The Bertz CT molecular complexity index is 1500. The summed E-state index contributed by atoms with van der Waals surface area (Å²) in [4.78, 5) is 0. The summed E-state index contributed by atoms with van der Waals surface area (Å²) < 4.78 is 25.3. The molecule has 0 saturated carbocycles. The number of para-hydroxylation sites is 2. The Kier molecular flexibility index (Phi) is 6.41. The average Bonchev–Trinajstić information content (AvgIpc) is 2.99. The third-order valence-corrected chi connectivity index (χ3v) is 9.63. The molecule has 0 saturated heterocycles. The minimum absolute atomic E-state index is 0.456. The van der Waals surface area contributed by atoms with E-state index in [4.69, 9.17) is 18.1 Å². The minimum Gasteiger partial charge on any atom is -0.443 e. The highest BCUT2D eigenvalue weighted by molar-refractivity contribution is 7.57. The molecule has 2 unspecified atom stereocenters. The van der Waals surface area contributed by atoms with Crippen LogP contribution in [0.15, 0.2) is 121 Å². The van der Waals surface area contributed by atoms with Crippen LogP contribution in [0.2, 0.25) is 0 Å². The lowest BCUT2D eigenvalue weighted by Crippen LogP contribution is -2.16. The van der Waals surface area contributed by atoms with Crippen molar-refractivity contribution in [1.82, 2.24) is 0 Å². The van der Waals surface area contributed by atoms with Crippen LogP contribution in [0.25, 0.3) is 22.3 Å². The molecule has 2 aliphatic rings. The highest BCUT2D eigenvalue weighted by Crippen LogP contribution is 2.51. The lowest BCUT2D eigenvalue weighted by Gasteiger charge is -2.27. The molecule has 0 amide bonds. The number of fused-ring (bicyclic) bond motifs is 6. The van der Waals surface area contributed by atoms with Crippen molar-refractivity contribution >= 4 is 27.4 Å². The van der Waals surface area contributed by atoms with Crippen molar-refractivity contribution in [2.45, 2.75) is 13.2 Å². The molecule has 0 bridgehead atoms. The summed E-state index contributed by atoms with van der Waals surface area (Å²) in [7, 11) is -2.45. The number of rotatable bonds is 6.